The van der Waals surface area contributed by atoms with Crippen LogP contribution in [0, 0.1) is 35.5 Å². The van der Waals surface area contributed by atoms with Gasteiger partial charge in [0.2, 0.25) is 82.7 Å². The molecule has 14 amide bonds. The first-order valence-corrected chi connectivity index (χ1v) is 45.5. The van der Waals surface area contributed by atoms with Crippen LogP contribution >= 0.6 is 24.4 Å². The number of rotatable bonds is 56. The Labute approximate surface area is 753 Å². The Morgan fingerprint density at radius 3 is 1.25 bits per heavy atom. The summed E-state index contributed by atoms with van der Waals surface area (Å²) >= 11 is 5.80. The molecule has 1 aromatic heterocycles. The van der Waals surface area contributed by atoms with Gasteiger partial charge in [0.1, 0.15) is 84.6 Å². The molecule has 1 fully saturated rings. The molecule has 0 spiro atoms. The van der Waals surface area contributed by atoms with Crippen LogP contribution < -0.4 is 97.8 Å². The van der Waals surface area contributed by atoms with Gasteiger partial charge in [-0.25, -0.2) is 4.79 Å². The maximum atomic E-state index is 15.4. The van der Waals surface area contributed by atoms with E-state index in [2.05, 4.69) is 96.7 Å². The van der Waals surface area contributed by atoms with Gasteiger partial charge in [0.25, 0.3) is 0 Å². The minimum Gasteiger partial charge on any atom is -0.480 e. The number of amides is 14. The molecule has 41 heteroatoms. The van der Waals surface area contributed by atoms with Gasteiger partial charge in [-0.3, -0.25) is 77.1 Å². The van der Waals surface area contributed by atoms with Crippen molar-refractivity contribution in [3.8, 4) is 0 Å². The van der Waals surface area contributed by atoms with Gasteiger partial charge in [0, 0.05) is 55.3 Å². The second-order valence-electron chi connectivity index (χ2n) is 34.7. The third-order valence-corrected chi connectivity index (χ3v) is 21.9. The number of carboxylic acids is 1. The van der Waals surface area contributed by atoms with Crippen molar-refractivity contribution in [1.29, 1.82) is 0 Å². The number of thioether (sulfide) groups is 1. The van der Waals surface area contributed by atoms with E-state index in [1.807, 2.05) is 12.1 Å². The number of guanidine groups is 2. The molecule has 26 N–H and O–H groups in total. The number of aliphatic hydroxyl groups excluding tert-OH is 1. The first-order valence-electron chi connectivity index (χ1n) is 43.5. The van der Waals surface area contributed by atoms with E-state index in [0.717, 1.165) is 0 Å². The van der Waals surface area contributed by atoms with E-state index in [1.165, 1.54) is 23.6 Å². The van der Waals surface area contributed by atoms with Crippen LogP contribution in [-0.2, 0) is 84.8 Å². The number of nitrogens with one attached hydrogen (secondary N) is 14. The second-order valence-corrected chi connectivity index (χ2v) is 36.1. The van der Waals surface area contributed by atoms with Crippen LogP contribution in [0.2, 0.25) is 0 Å². The van der Waals surface area contributed by atoms with Gasteiger partial charge in [-0.2, -0.15) is 24.4 Å². The van der Waals surface area contributed by atoms with Crippen molar-refractivity contribution >= 4 is 136 Å². The highest BCUT2D eigenvalue weighted by Crippen LogP contribution is 2.24. The molecule has 0 bridgehead atoms. The lowest BCUT2D eigenvalue weighted by atomic mass is 9.98. The van der Waals surface area contributed by atoms with Gasteiger partial charge >= 0.3 is 5.97 Å². The molecule has 2 aromatic carbocycles. The highest BCUT2D eigenvalue weighted by molar-refractivity contribution is 7.98. The number of aliphatic hydroxyl groups is 1. The first-order chi connectivity index (χ1) is 59.9. The number of nitrogens with zero attached hydrogens (tertiary/aromatic N) is 3. The van der Waals surface area contributed by atoms with Crippen LogP contribution in [0.3, 0.4) is 0 Å². The topological polar surface area (TPSA) is 627 Å². The maximum absolute atomic E-state index is 15.4. The average molecular weight is 1820 g/mol. The zero-order valence-corrected chi connectivity index (χ0v) is 77.4. The monoisotopic (exact) mass is 1820 g/mol. The molecule has 2 heterocycles. The number of fused-ring (bicyclic) bond motifs is 1. The standard InChI is InChI=1S/C86H140N22O17S2/c1-45(2)35-59(73(113)99-60(36-46(3)4)74(114)101-62(38-48(7)8)76(116)105-66(43-109)80(120)107-69(50(11)12)84(124)125)100-75(115)61(37-47(5)6)102-81(121)67(44-126)106-77(117)63(39-49(9)10)98-72(112)57(30-34-127-14)95-78(118)64(40-52-23-16-15-17-24-52)103-79(119)65(41-53-42-94-55-26-19-18-25-54(53)55)104-71(111)56(27-20-31-92-85(88)89)96-82(122)68-29-22-33-108(68)83(123)58(97-70(110)51(13)87)28-21-32-93-86(90)91/h15-19,23-26,42,45-51,56-69,94,109,126H,20-22,27-41,43-44,87H2,1-14H3,(H,95,118)(H,96,122)(H,97,110)(H,98,112)(H,99,113)(H,100,115)(H,101,114)(H,102,121)(H,103,119)(H,104,111)(H,105,116)(H,106,117)(H,107,120)(H,124,125)(H4,88,89,92)(H4,90,91,93)/t51-,56-,57-,58-,59-,60-,61-,62-,63-,64-,65-,66-,67-,68-,69-/m0/s1. The molecule has 4 rings (SSSR count). The summed E-state index contributed by atoms with van der Waals surface area (Å²) in [6.45, 7) is 21.9. The molecule has 0 radical (unpaired) electrons. The molecule has 708 valence electrons. The van der Waals surface area contributed by atoms with Crippen LogP contribution in [0.5, 0.6) is 0 Å². The number of hydrogen-bond donors (Lipinski definition) is 22. The van der Waals surface area contributed by atoms with Gasteiger partial charge in [0.05, 0.1) is 12.6 Å². The van der Waals surface area contributed by atoms with Crippen molar-refractivity contribution in [2.24, 2.45) is 74.2 Å². The summed E-state index contributed by atoms with van der Waals surface area (Å²) in [5, 5.41) is 55.8. The summed E-state index contributed by atoms with van der Waals surface area (Å²) in [6, 6.07) is -4.07. The molecule has 15 atom stereocenters. The molecule has 0 saturated carbocycles. The van der Waals surface area contributed by atoms with E-state index >= 15 is 14.4 Å². The zero-order chi connectivity index (χ0) is 95.1. The number of para-hydroxylation sites is 1. The van der Waals surface area contributed by atoms with Crippen molar-refractivity contribution in [3.63, 3.8) is 0 Å². The number of hydrogen-bond acceptors (Lipinski definition) is 21. The lowest BCUT2D eigenvalue weighted by Crippen LogP contribution is -2.61. The third kappa shape index (κ3) is 38.0. The summed E-state index contributed by atoms with van der Waals surface area (Å²) in [7, 11) is 0. The van der Waals surface area contributed by atoms with Crippen molar-refractivity contribution in [1.82, 2.24) is 79.0 Å². The van der Waals surface area contributed by atoms with Crippen LogP contribution in [-0.4, -0.2) is 255 Å². The van der Waals surface area contributed by atoms with Gasteiger partial charge in [-0.15, -0.1) is 0 Å². The molecule has 1 aliphatic heterocycles. The summed E-state index contributed by atoms with van der Waals surface area (Å²) in [6.07, 6.45) is 4.20. The van der Waals surface area contributed by atoms with Crippen LogP contribution in [0.25, 0.3) is 10.9 Å². The van der Waals surface area contributed by atoms with Gasteiger partial charge in [-0.1, -0.05) is 132 Å². The number of aliphatic carboxylic acids is 1. The van der Waals surface area contributed by atoms with Crippen LogP contribution in [0.1, 0.15) is 178 Å². The van der Waals surface area contributed by atoms with E-state index in [0.29, 0.717) is 34.2 Å². The van der Waals surface area contributed by atoms with Gasteiger partial charge in [-0.05, 0) is 149 Å². The van der Waals surface area contributed by atoms with Crippen molar-refractivity contribution < 1.29 is 82.1 Å². The molecular formula is C86H140N22O17S2. The predicted octanol–water partition coefficient (Wildman–Crippen LogP) is -0.653. The number of benzene rings is 2. The number of likely N-dealkylation sites (tertiary alicyclic amines) is 1. The summed E-state index contributed by atoms with van der Waals surface area (Å²) in [4.78, 5) is 227. The largest absolute Gasteiger partial charge is 0.480 e. The molecule has 0 unspecified atom stereocenters. The van der Waals surface area contributed by atoms with Crippen LogP contribution in [0.15, 0.2) is 70.8 Å². The molecule has 0 aliphatic carbocycles. The Hall–Kier alpha value is -10.8. The fraction of sp³-hybridized carbons (Fsp3) is 0.640. The SMILES string of the molecule is CSCC[C@H](NC(=O)[C@H](Cc1ccccc1)NC(=O)[C@H](Cc1c[nH]c2ccccc12)NC(=O)[C@H](CCCN=C(N)N)NC(=O)[C@@H]1CCCN1C(=O)[C@H](CCCN=C(N)N)NC(=O)[C@H](C)N)C(=O)N[C@@H](CC(C)C)C(=O)N[C@@H](CS)C(=O)N[C@@H](CC(C)C)C(=O)N[C@@H](CC(C)C)C(=O)N[C@@H](CC(C)C)C(=O)N[C@@H](CC(C)C)C(=O)N[C@@H](CO)C(=O)N[C@H](C(=O)O)C(C)C. The Morgan fingerprint density at radius 2 is 0.835 bits per heavy atom. The molecular weight excluding hydrogens is 1680 g/mol. The van der Waals surface area contributed by atoms with Crippen molar-refractivity contribution in [2.45, 2.75) is 271 Å². The Kier molecular flexibility index (Phi) is 47.0. The summed E-state index contributed by atoms with van der Waals surface area (Å²) in [5.41, 5.74) is 30.2. The number of carboxylic acid groups (broad SMARTS) is 1. The molecule has 127 heavy (non-hydrogen) atoms. The number of aromatic amines is 1. The fourth-order valence-corrected chi connectivity index (χ4v) is 15.0. The summed E-state index contributed by atoms with van der Waals surface area (Å²) in [5.74, 6) is -14.7. The van der Waals surface area contributed by atoms with Crippen molar-refractivity contribution in [2.75, 3.05) is 44.0 Å². The van der Waals surface area contributed by atoms with Gasteiger partial charge < -0.3 is 118 Å². The molecule has 39 nitrogen and oxygen atoms in total. The minimum absolute atomic E-state index is 0.00165. The number of aromatic nitrogens is 1. The molecule has 1 aliphatic rings. The van der Waals surface area contributed by atoms with E-state index in [4.69, 9.17) is 28.7 Å². The number of nitrogens with two attached hydrogens (primary N) is 5. The smallest absolute Gasteiger partial charge is 0.326 e. The minimum atomic E-state index is -1.60. The third-order valence-electron chi connectivity index (χ3n) is 20.8. The lowest BCUT2D eigenvalue weighted by molar-refractivity contribution is -0.144. The van der Waals surface area contributed by atoms with E-state index in [1.54, 1.807) is 138 Å². The Morgan fingerprint density at radius 1 is 0.465 bits per heavy atom. The second kappa shape index (κ2) is 55.0. The normalized spacial score (nSPS) is 16.0. The summed E-state index contributed by atoms with van der Waals surface area (Å²) < 4.78 is 0. The quantitative estimate of drug-likeness (QED) is 0.0144. The van der Waals surface area contributed by atoms with E-state index in [9.17, 15) is 67.7 Å². The number of carbonyl (C=O) groups is 15. The molecule has 3 aromatic rings. The fourth-order valence-electron chi connectivity index (χ4n) is 14.3. The number of thiol groups is 1. The number of carbonyl (C=O) groups excluding carboxylic acids is 14. The van der Waals surface area contributed by atoms with E-state index < -0.39 is 192 Å². The Balaban J connectivity index is 1.64. The number of aliphatic imine (C=N–C) groups is 2. The first kappa shape index (κ1) is 109. The highest BCUT2D eigenvalue weighted by Gasteiger charge is 2.42. The molecule has 1 saturated heterocycles. The predicted molar refractivity (Wildman–Crippen MR) is 489 cm³/mol. The van der Waals surface area contributed by atoms with Crippen molar-refractivity contribution in [3.05, 3.63) is 71.9 Å². The highest BCUT2D eigenvalue weighted by atomic mass is 32.2. The average Bonchev–Trinajstić information content (AvgIpc) is 1.69. The van der Waals surface area contributed by atoms with Crippen LogP contribution in [0.4, 0.5) is 0 Å². The zero-order valence-electron chi connectivity index (χ0n) is 75.6. The van der Waals surface area contributed by atoms with Gasteiger partial charge in [0.15, 0.2) is 11.9 Å². The van der Waals surface area contributed by atoms with E-state index in [-0.39, 0.29) is 150 Å². The Bertz CT molecular complexity index is 4200. The maximum Gasteiger partial charge on any atom is 0.326 e. The lowest BCUT2D eigenvalue weighted by Gasteiger charge is -2.30. The number of H-pyrrole nitrogens is 1.